The van der Waals surface area contributed by atoms with Crippen molar-refractivity contribution in [1.82, 2.24) is 5.32 Å². The molecule has 4 nitrogen and oxygen atoms in total. The summed E-state index contributed by atoms with van der Waals surface area (Å²) in [5, 5.41) is 2.72. The minimum absolute atomic E-state index is 0.405. The van der Waals surface area contributed by atoms with E-state index in [1.54, 1.807) is 0 Å². The zero-order valence-electron chi connectivity index (χ0n) is 13.0. The molecule has 0 atom stereocenters. The lowest BCUT2D eigenvalue weighted by Gasteiger charge is -2.19. The molecular weight excluding hydrogens is 254 g/mol. The van der Waals surface area contributed by atoms with E-state index in [0.717, 1.165) is 11.3 Å². The lowest BCUT2D eigenvalue weighted by Crippen LogP contribution is -2.32. The second-order valence-corrected chi connectivity index (χ2v) is 6.20. The summed E-state index contributed by atoms with van der Waals surface area (Å²) in [6.45, 7) is 10.9. The minimum Gasteiger partial charge on any atom is -0.493 e. The number of hydrogen-bond donors (Lipinski definition) is 1. The summed E-state index contributed by atoms with van der Waals surface area (Å²) in [7, 11) is 0. The third-order valence-corrected chi connectivity index (χ3v) is 2.34. The zero-order chi connectivity index (χ0) is 15.2. The van der Waals surface area contributed by atoms with Gasteiger partial charge in [-0.05, 0) is 44.4 Å². The first-order chi connectivity index (χ1) is 9.26. The molecule has 0 fully saturated rings. The van der Waals surface area contributed by atoms with Crippen LogP contribution in [-0.2, 0) is 11.3 Å². The molecule has 0 aliphatic heterocycles. The zero-order valence-corrected chi connectivity index (χ0v) is 13.0. The van der Waals surface area contributed by atoms with Crippen LogP contribution in [0.2, 0.25) is 0 Å². The molecule has 1 amide bonds. The van der Waals surface area contributed by atoms with Gasteiger partial charge in [0.05, 0.1) is 6.61 Å². The Morgan fingerprint density at radius 2 is 1.80 bits per heavy atom. The SMILES string of the molecule is CC(C)COc1ccc(CNC(=O)OC(C)(C)C)cc1. The van der Waals surface area contributed by atoms with E-state index >= 15 is 0 Å². The van der Waals surface area contributed by atoms with Crippen LogP contribution in [0.25, 0.3) is 0 Å². The Balaban J connectivity index is 2.40. The highest BCUT2D eigenvalue weighted by Crippen LogP contribution is 2.13. The van der Waals surface area contributed by atoms with Crippen LogP contribution in [0.5, 0.6) is 5.75 Å². The third kappa shape index (κ3) is 7.02. The standard InChI is InChI=1S/C16H25NO3/c1-12(2)11-19-14-8-6-13(7-9-14)10-17-15(18)20-16(3,4)5/h6-9,12H,10-11H2,1-5H3,(H,17,18). The summed E-state index contributed by atoms with van der Waals surface area (Å²) in [6, 6.07) is 7.70. The van der Waals surface area contributed by atoms with E-state index in [0.29, 0.717) is 19.1 Å². The number of carbonyl (C=O) groups excluding carboxylic acids is 1. The van der Waals surface area contributed by atoms with Gasteiger partial charge in [0.1, 0.15) is 11.4 Å². The fourth-order valence-electron chi connectivity index (χ4n) is 1.45. The van der Waals surface area contributed by atoms with E-state index in [1.807, 2.05) is 45.0 Å². The number of benzene rings is 1. The van der Waals surface area contributed by atoms with Crippen molar-refractivity contribution in [2.75, 3.05) is 6.61 Å². The van der Waals surface area contributed by atoms with Gasteiger partial charge in [0, 0.05) is 6.54 Å². The molecule has 0 unspecified atom stereocenters. The Morgan fingerprint density at radius 1 is 1.20 bits per heavy atom. The first-order valence-corrected chi connectivity index (χ1v) is 6.95. The van der Waals surface area contributed by atoms with Crippen LogP contribution in [0.3, 0.4) is 0 Å². The van der Waals surface area contributed by atoms with Gasteiger partial charge in [-0.15, -0.1) is 0 Å². The molecule has 0 aliphatic rings. The summed E-state index contributed by atoms with van der Waals surface area (Å²) in [6.07, 6.45) is -0.405. The maximum Gasteiger partial charge on any atom is 0.407 e. The van der Waals surface area contributed by atoms with Gasteiger partial charge in [0.25, 0.3) is 0 Å². The molecule has 0 heterocycles. The van der Waals surface area contributed by atoms with E-state index in [4.69, 9.17) is 9.47 Å². The number of carbonyl (C=O) groups is 1. The van der Waals surface area contributed by atoms with Crippen LogP contribution in [0.1, 0.15) is 40.2 Å². The molecule has 112 valence electrons. The number of alkyl carbamates (subject to hydrolysis) is 1. The molecule has 1 aromatic rings. The summed E-state index contributed by atoms with van der Waals surface area (Å²) in [4.78, 5) is 11.5. The Labute approximate surface area is 121 Å². The van der Waals surface area contributed by atoms with Gasteiger partial charge in [0.2, 0.25) is 0 Å². The van der Waals surface area contributed by atoms with Crippen molar-refractivity contribution in [2.24, 2.45) is 5.92 Å². The van der Waals surface area contributed by atoms with Crippen LogP contribution < -0.4 is 10.1 Å². The first-order valence-electron chi connectivity index (χ1n) is 6.95. The Kier molecular flexibility index (Phi) is 5.86. The van der Waals surface area contributed by atoms with Gasteiger partial charge in [-0.2, -0.15) is 0 Å². The maximum absolute atomic E-state index is 11.5. The van der Waals surface area contributed by atoms with Crippen LogP contribution in [0.4, 0.5) is 4.79 Å². The molecule has 1 rings (SSSR count). The number of amides is 1. The lowest BCUT2D eigenvalue weighted by molar-refractivity contribution is 0.0523. The molecule has 0 aliphatic carbocycles. The van der Waals surface area contributed by atoms with Crippen molar-refractivity contribution in [3.05, 3.63) is 29.8 Å². The van der Waals surface area contributed by atoms with E-state index in [2.05, 4.69) is 19.2 Å². The molecule has 0 spiro atoms. The molecule has 1 N–H and O–H groups in total. The highest BCUT2D eigenvalue weighted by molar-refractivity contribution is 5.67. The first kappa shape index (κ1) is 16.3. The number of nitrogens with one attached hydrogen (secondary N) is 1. The van der Waals surface area contributed by atoms with Crippen LogP contribution in [0.15, 0.2) is 24.3 Å². The second-order valence-electron chi connectivity index (χ2n) is 6.20. The normalized spacial score (nSPS) is 11.3. The summed E-state index contributed by atoms with van der Waals surface area (Å²) >= 11 is 0. The van der Waals surface area contributed by atoms with Crippen molar-refractivity contribution in [3.63, 3.8) is 0 Å². The van der Waals surface area contributed by atoms with E-state index in [-0.39, 0.29) is 0 Å². The molecule has 20 heavy (non-hydrogen) atoms. The molecule has 4 heteroatoms. The van der Waals surface area contributed by atoms with Crippen molar-refractivity contribution in [1.29, 1.82) is 0 Å². The lowest BCUT2D eigenvalue weighted by atomic mass is 10.2. The molecule has 0 aromatic heterocycles. The smallest absolute Gasteiger partial charge is 0.407 e. The summed E-state index contributed by atoms with van der Waals surface area (Å²) < 4.78 is 10.8. The van der Waals surface area contributed by atoms with Crippen molar-refractivity contribution >= 4 is 6.09 Å². The Hall–Kier alpha value is -1.71. The van der Waals surface area contributed by atoms with Crippen LogP contribution in [0, 0.1) is 5.92 Å². The number of rotatable bonds is 5. The molecule has 0 saturated carbocycles. The predicted molar refractivity (Wildman–Crippen MR) is 79.8 cm³/mol. The Bertz CT molecular complexity index is 418. The van der Waals surface area contributed by atoms with Gasteiger partial charge in [-0.3, -0.25) is 0 Å². The monoisotopic (exact) mass is 279 g/mol. The average molecular weight is 279 g/mol. The molecule has 0 bridgehead atoms. The highest BCUT2D eigenvalue weighted by atomic mass is 16.6. The van der Waals surface area contributed by atoms with Crippen molar-refractivity contribution in [3.8, 4) is 5.75 Å². The topological polar surface area (TPSA) is 47.6 Å². The van der Waals surface area contributed by atoms with Gasteiger partial charge in [-0.25, -0.2) is 4.79 Å². The largest absolute Gasteiger partial charge is 0.493 e. The van der Waals surface area contributed by atoms with Gasteiger partial charge >= 0.3 is 6.09 Å². The predicted octanol–water partition coefficient (Wildman–Crippen LogP) is 3.75. The highest BCUT2D eigenvalue weighted by Gasteiger charge is 2.15. The number of hydrogen-bond acceptors (Lipinski definition) is 3. The van der Waals surface area contributed by atoms with Crippen molar-refractivity contribution < 1.29 is 14.3 Å². The molecular formula is C16H25NO3. The van der Waals surface area contributed by atoms with Crippen molar-refractivity contribution in [2.45, 2.75) is 46.8 Å². The van der Waals surface area contributed by atoms with Gasteiger partial charge in [-0.1, -0.05) is 26.0 Å². The fraction of sp³-hybridized carbons (Fsp3) is 0.562. The molecule has 0 radical (unpaired) electrons. The van der Waals surface area contributed by atoms with Crippen LogP contribution in [-0.4, -0.2) is 18.3 Å². The van der Waals surface area contributed by atoms with E-state index in [1.165, 1.54) is 0 Å². The summed E-state index contributed by atoms with van der Waals surface area (Å²) in [5.74, 6) is 1.35. The number of ether oxygens (including phenoxy) is 2. The average Bonchev–Trinajstić information content (AvgIpc) is 2.33. The second kappa shape index (κ2) is 7.17. The van der Waals surface area contributed by atoms with E-state index in [9.17, 15) is 4.79 Å². The van der Waals surface area contributed by atoms with Crippen LogP contribution >= 0.6 is 0 Å². The third-order valence-electron chi connectivity index (χ3n) is 2.34. The molecule has 1 aromatic carbocycles. The maximum atomic E-state index is 11.5. The Morgan fingerprint density at radius 3 is 2.30 bits per heavy atom. The van der Waals surface area contributed by atoms with Gasteiger partial charge in [0.15, 0.2) is 0 Å². The fourth-order valence-corrected chi connectivity index (χ4v) is 1.45. The quantitative estimate of drug-likeness (QED) is 0.893. The minimum atomic E-state index is -0.474. The molecule has 0 saturated heterocycles. The van der Waals surface area contributed by atoms with E-state index < -0.39 is 11.7 Å². The summed E-state index contributed by atoms with van der Waals surface area (Å²) in [5.41, 5.74) is 0.534. The van der Waals surface area contributed by atoms with Gasteiger partial charge < -0.3 is 14.8 Å².